The van der Waals surface area contributed by atoms with E-state index in [9.17, 15) is 8.78 Å². The van der Waals surface area contributed by atoms with E-state index in [0.717, 1.165) is 12.0 Å². The van der Waals surface area contributed by atoms with Crippen molar-refractivity contribution in [2.75, 3.05) is 0 Å². The van der Waals surface area contributed by atoms with Gasteiger partial charge in [0.15, 0.2) is 0 Å². The van der Waals surface area contributed by atoms with Crippen molar-refractivity contribution in [3.05, 3.63) is 24.0 Å². The van der Waals surface area contributed by atoms with E-state index >= 15 is 0 Å². The second-order valence-electron chi connectivity index (χ2n) is 4.03. The maximum Gasteiger partial charge on any atom is 0.387 e. The average Bonchev–Trinajstić information content (AvgIpc) is 2.17. The molecule has 0 saturated heterocycles. The van der Waals surface area contributed by atoms with Gasteiger partial charge in [0.25, 0.3) is 0 Å². The molecule has 0 amide bonds. The number of rotatable bonds is 4. The molecular formula is C11H15F2NO. The summed E-state index contributed by atoms with van der Waals surface area (Å²) in [6, 6.07) is 1.61. The van der Waals surface area contributed by atoms with E-state index < -0.39 is 6.61 Å². The number of ether oxygens (including phenoxy) is 1. The smallest absolute Gasteiger partial charge is 0.387 e. The summed E-state index contributed by atoms with van der Waals surface area (Å²) >= 11 is 0. The first-order valence-corrected chi connectivity index (χ1v) is 4.86. The Kier molecular flexibility index (Phi) is 3.61. The quantitative estimate of drug-likeness (QED) is 0.768. The van der Waals surface area contributed by atoms with Crippen molar-refractivity contribution >= 4 is 0 Å². The van der Waals surface area contributed by atoms with Gasteiger partial charge in [-0.15, -0.1) is 0 Å². The van der Waals surface area contributed by atoms with Crippen LogP contribution in [0.15, 0.2) is 18.5 Å². The molecule has 0 N–H and O–H groups in total. The standard InChI is InChI=1S/C11H15F2NO/c1-4-11(2,3)8-5-9(7-14-6-8)15-10(12)13/h5-7,10H,4H2,1-3H3. The van der Waals surface area contributed by atoms with Crippen LogP contribution in [0.1, 0.15) is 32.8 Å². The lowest BCUT2D eigenvalue weighted by Gasteiger charge is -2.23. The number of hydrogen-bond acceptors (Lipinski definition) is 2. The van der Waals surface area contributed by atoms with Gasteiger partial charge in [0, 0.05) is 6.20 Å². The molecular weight excluding hydrogens is 200 g/mol. The summed E-state index contributed by atoms with van der Waals surface area (Å²) in [5.74, 6) is 0.115. The first kappa shape index (κ1) is 11.9. The van der Waals surface area contributed by atoms with Crippen LogP contribution in [0.5, 0.6) is 5.75 Å². The van der Waals surface area contributed by atoms with E-state index in [0.29, 0.717) is 0 Å². The van der Waals surface area contributed by atoms with E-state index in [4.69, 9.17) is 0 Å². The SMILES string of the molecule is CCC(C)(C)c1cncc(OC(F)F)c1. The maximum atomic E-state index is 12.0. The van der Waals surface area contributed by atoms with Crippen LogP contribution in [-0.2, 0) is 5.41 Å². The molecule has 0 radical (unpaired) electrons. The minimum Gasteiger partial charge on any atom is -0.433 e. The van der Waals surface area contributed by atoms with Crippen molar-refractivity contribution in [1.82, 2.24) is 4.98 Å². The van der Waals surface area contributed by atoms with Gasteiger partial charge in [-0.25, -0.2) is 0 Å². The largest absolute Gasteiger partial charge is 0.433 e. The number of alkyl halides is 2. The fourth-order valence-electron chi connectivity index (χ4n) is 1.16. The van der Waals surface area contributed by atoms with E-state index in [1.165, 1.54) is 6.20 Å². The zero-order valence-electron chi connectivity index (χ0n) is 9.13. The summed E-state index contributed by atoms with van der Waals surface area (Å²) in [5.41, 5.74) is 0.831. The van der Waals surface area contributed by atoms with Crippen LogP contribution in [0.2, 0.25) is 0 Å². The molecule has 0 saturated carbocycles. The zero-order chi connectivity index (χ0) is 11.5. The lowest BCUT2D eigenvalue weighted by Crippen LogP contribution is -2.16. The van der Waals surface area contributed by atoms with Gasteiger partial charge in [-0.1, -0.05) is 20.8 Å². The summed E-state index contributed by atoms with van der Waals surface area (Å²) in [7, 11) is 0. The molecule has 2 nitrogen and oxygen atoms in total. The molecule has 84 valence electrons. The number of hydrogen-bond donors (Lipinski definition) is 0. The summed E-state index contributed by atoms with van der Waals surface area (Å²) in [6.07, 6.45) is 3.88. The van der Waals surface area contributed by atoms with Gasteiger partial charge in [-0.3, -0.25) is 4.98 Å². The van der Waals surface area contributed by atoms with Gasteiger partial charge < -0.3 is 4.74 Å². The molecule has 15 heavy (non-hydrogen) atoms. The fraction of sp³-hybridized carbons (Fsp3) is 0.545. The lowest BCUT2D eigenvalue weighted by atomic mass is 9.83. The summed E-state index contributed by atoms with van der Waals surface area (Å²) in [5, 5.41) is 0. The average molecular weight is 215 g/mol. The topological polar surface area (TPSA) is 22.1 Å². The molecule has 0 fully saturated rings. The summed E-state index contributed by atoms with van der Waals surface area (Å²) in [4.78, 5) is 3.89. The number of halogens is 2. The molecule has 0 aliphatic heterocycles. The first-order chi connectivity index (χ1) is 6.95. The molecule has 0 aliphatic carbocycles. The third kappa shape index (κ3) is 3.15. The fourth-order valence-corrected chi connectivity index (χ4v) is 1.16. The van der Waals surface area contributed by atoms with Crippen molar-refractivity contribution in [3.8, 4) is 5.75 Å². The summed E-state index contributed by atoms with van der Waals surface area (Å²) < 4.78 is 28.3. The highest BCUT2D eigenvalue weighted by Gasteiger charge is 2.19. The Labute approximate surface area is 88.3 Å². The Hall–Kier alpha value is -1.19. The monoisotopic (exact) mass is 215 g/mol. The predicted octanol–water partition coefficient (Wildman–Crippen LogP) is 3.37. The Morgan fingerprint density at radius 2 is 2.07 bits per heavy atom. The van der Waals surface area contributed by atoms with Crippen molar-refractivity contribution in [3.63, 3.8) is 0 Å². The van der Waals surface area contributed by atoms with Gasteiger partial charge in [0.05, 0.1) is 6.20 Å². The Morgan fingerprint density at radius 3 is 2.60 bits per heavy atom. The Morgan fingerprint density at radius 1 is 1.40 bits per heavy atom. The van der Waals surface area contributed by atoms with Crippen LogP contribution < -0.4 is 4.74 Å². The Bertz CT molecular complexity index is 326. The molecule has 0 aliphatic rings. The van der Waals surface area contributed by atoms with E-state index in [-0.39, 0.29) is 11.2 Å². The molecule has 4 heteroatoms. The van der Waals surface area contributed by atoms with Crippen LogP contribution in [0, 0.1) is 0 Å². The molecule has 1 heterocycles. The molecule has 0 aromatic carbocycles. The van der Waals surface area contributed by atoms with E-state index in [1.54, 1.807) is 12.3 Å². The zero-order valence-corrected chi connectivity index (χ0v) is 9.13. The second-order valence-corrected chi connectivity index (χ2v) is 4.03. The van der Waals surface area contributed by atoms with Gasteiger partial charge in [0.2, 0.25) is 0 Å². The van der Waals surface area contributed by atoms with Crippen LogP contribution in [-0.4, -0.2) is 11.6 Å². The minimum absolute atomic E-state index is 0.0749. The minimum atomic E-state index is -2.80. The molecule has 0 bridgehead atoms. The lowest BCUT2D eigenvalue weighted by molar-refractivity contribution is -0.0501. The normalized spacial score (nSPS) is 11.9. The number of nitrogens with zero attached hydrogens (tertiary/aromatic N) is 1. The van der Waals surface area contributed by atoms with Crippen molar-refractivity contribution in [2.24, 2.45) is 0 Å². The number of aromatic nitrogens is 1. The second kappa shape index (κ2) is 4.55. The molecule has 1 rings (SSSR count). The van der Waals surface area contributed by atoms with Crippen LogP contribution in [0.3, 0.4) is 0 Å². The highest BCUT2D eigenvalue weighted by molar-refractivity contribution is 5.28. The highest BCUT2D eigenvalue weighted by atomic mass is 19.3. The number of pyridine rings is 1. The Balaban J connectivity index is 2.92. The van der Waals surface area contributed by atoms with Crippen molar-refractivity contribution in [2.45, 2.75) is 39.2 Å². The van der Waals surface area contributed by atoms with Gasteiger partial charge in [-0.05, 0) is 23.5 Å². The molecule has 0 atom stereocenters. The van der Waals surface area contributed by atoms with Crippen LogP contribution in [0.4, 0.5) is 8.78 Å². The van der Waals surface area contributed by atoms with E-state index in [2.05, 4.69) is 9.72 Å². The molecule has 0 unspecified atom stereocenters. The summed E-state index contributed by atoms with van der Waals surface area (Å²) in [6.45, 7) is 3.32. The van der Waals surface area contributed by atoms with Crippen molar-refractivity contribution in [1.29, 1.82) is 0 Å². The van der Waals surface area contributed by atoms with E-state index in [1.807, 2.05) is 20.8 Å². The maximum absolute atomic E-state index is 12.0. The van der Waals surface area contributed by atoms with Crippen LogP contribution >= 0.6 is 0 Å². The van der Waals surface area contributed by atoms with Gasteiger partial charge in [-0.2, -0.15) is 8.78 Å². The third-order valence-electron chi connectivity index (χ3n) is 2.60. The molecule has 1 aromatic heterocycles. The highest BCUT2D eigenvalue weighted by Crippen LogP contribution is 2.28. The first-order valence-electron chi connectivity index (χ1n) is 4.86. The van der Waals surface area contributed by atoms with Gasteiger partial charge in [0.1, 0.15) is 5.75 Å². The van der Waals surface area contributed by atoms with Gasteiger partial charge >= 0.3 is 6.61 Å². The molecule has 1 aromatic rings. The van der Waals surface area contributed by atoms with Crippen molar-refractivity contribution < 1.29 is 13.5 Å². The molecule has 0 spiro atoms. The van der Waals surface area contributed by atoms with Crippen LogP contribution in [0.25, 0.3) is 0 Å². The third-order valence-corrected chi connectivity index (χ3v) is 2.60. The predicted molar refractivity (Wildman–Crippen MR) is 54.2 cm³/mol.